The van der Waals surface area contributed by atoms with Gasteiger partial charge in [0.15, 0.2) is 0 Å². The molecular formula is C32H56N8OSn+4. The smallest absolute Gasteiger partial charge is 0.632 e. The standard InChI is InChI=1S/C32H56N8O.Sn/c41-40-31-23-15-7-5-13-21(23)29(38-31)36-27-19-11-3-1-9-17(19)25(34-27)33-26-18-10-2-4-12-20(18)28(35-26)37-30-22-14-6-8-16-24(22)32(40)39-30;/h17-40H,1-16H2;/q;+4. The Hall–Kier alpha value is 0.439. The number of hydroxylamine groups is 2. The molecule has 0 aromatic heterocycles. The summed E-state index contributed by atoms with van der Waals surface area (Å²) in [6, 6.07) is 0. The summed E-state index contributed by atoms with van der Waals surface area (Å²) in [5.41, 5.74) is 0. The molecule has 0 amide bonds. The van der Waals surface area contributed by atoms with Crippen LogP contribution in [0.15, 0.2) is 0 Å². The maximum atomic E-state index is 14.6. The first kappa shape index (κ1) is 29.8. The summed E-state index contributed by atoms with van der Waals surface area (Å²) in [6.45, 7) is 0. The van der Waals surface area contributed by atoms with Crippen LogP contribution in [-0.2, 0) is 0 Å². The van der Waals surface area contributed by atoms with Crippen LogP contribution in [-0.4, -0.2) is 73.2 Å². The van der Waals surface area contributed by atoms with E-state index < -0.39 is 0 Å². The van der Waals surface area contributed by atoms with Crippen molar-refractivity contribution in [3.63, 3.8) is 0 Å². The molecule has 4 saturated carbocycles. The van der Waals surface area contributed by atoms with E-state index in [2.05, 4.69) is 37.2 Å². The molecule has 9 aliphatic rings. The van der Waals surface area contributed by atoms with Crippen LogP contribution < -0.4 is 42.3 Å². The Morgan fingerprint density at radius 2 is 0.548 bits per heavy atom. The van der Waals surface area contributed by atoms with Crippen molar-refractivity contribution in [3.05, 3.63) is 5.21 Å². The summed E-state index contributed by atoms with van der Waals surface area (Å²) in [7, 11) is 0. The average Bonchev–Trinajstić information content (AvgIpc) is 3.76. The largest absolute Gasteiger partial charge is 4.00 e. The van der Waals surface area contributed by atoms with Gasteiger partial charge >= 0.3 is 23.9 Å². The molecule has 0 aromatic carbocycles. The van der Waals surface area contributed by atoms with E-state index in [9.17, 15) is 5.21 Å². The van der Waals surface area contributed by atoms with Crippen molar-refractivity contribution in [3.8, 4) is 0 Å². The predicted molar refractivity (Wildman–Crippen MR) is 164 cm³/mol. The predicted octanol–water partition coefficient (Wildman–Crippen LogP) is 1.02. The molecule has 42 heavy (non-hydrogen) atoms. The molecule has 230 valence electrons. The van der Waals surface area contributed by atoms with Crippen molar-refractivity contribution in [2.45, 2.75) is 152 Å². The molecule has 8 N–H and O–H groups in total. The molecule has 0 radical (unpaired) electrons. The number of hydrogen-bond acceptors (Lipinski definition) is 8. The van der Waals surface area contributed by atoms with Gasteiger partial charge in [0.2, 0.25) is 0 Å². The third-order valence-corrected chi connectivity index (χ3v) is 14.1. The molecule has 10 heteroatoms. The maximum absolute atomic E-state index is 14.6. The van der Waals surface area contributed by atoms with E-state index in [-0.39, 0.29) is 48.6 Å². The first-order valence-electron chi connectivity index (χ1n) is 18.1. The molecule has 0 aromatic rings. The molecule has 5 heterocycles. The third kappa shape index (κ3) is 4.98. The molecule has 5 saturated heterocycles. The van der Waals surface area contributed by atoms with E-state index in [0.29, 0.717) is 77.1 Å². The van der Waals surface area contributed by atoms with Gasteiger partial charge in [0.05, 0.1) is 37.0 Å². The second-order valence-electron chi connectivity index (χ2n) is 15.8. The third-order valence-electron chi connectivity index (χ3n) is 14.1. The van der Waals surface area contributed by atoms with Crippen LogP contribution in [0.1, 0.15) is 103 Å². The fourth-order valence-corrected chi connectivity index (χ4v) is 12.2. The molecule has 16 atom stereocenters. The molecule has 8 bridgehead atoms. The summed E-state index contributed by atoms with van der Waals surface area (Å²) in [6.07, 6.45) is 22.7. The van der Waals surface area contributed by atoms with Gasteiger partial charge < -0.3 is 10.3 Å². The minimum absolute atomic E-state index is 0. The van der Waals surface area contributed by atoms with E-state index in [0.717, 1.165) is 0 Å². The molecule has 4 aliphatic carbocycles. The van der Waals surface area contributed by atoms with Crippen LogP contribution in [0.4, 0.5) is 0 Å². The average molecular weight is 688 g/mol. The Bertz CT molecular complexity index is 889. The van der Waals surface area contributed by atoms with Gasteiger partial charge in [-0.15, -0.1) is 0 Å². The maximum Gasteiger partial charge on any atom is 4.00 e. The second kappa shape index (κ2) is 12.2. The summed E-state index contributed by atoms with van der Waals surface area (Å²) in [5.74, 6) is 4.84. The van der Waals surface area contributed by atoms with E-state index in [4.69, 9.17) is 0 Å². The normalized spacial score (nSPS) is 56.9. The van der Waals surface area contributed by atoms with Crippen LogP contribution >= 0.6 is 0 Å². The van der Waals surface area contributed by atoms with Gasteiger partial charge in [-0.05, 0) is 86.9 Å². The fourth-order valence-electron chi connectivity index (χ4n) is 12.2. The SMILES string of the molecule is [O-][NH+]1C2NC(NC3NC(NC4NC(NC5NC1C1CCCCC51)C1CCCCC41)C1CCCCC31)C1CCCCC12.[Sn+4]. The molecule has 9 rings (SSSR count). The van der Waals surface area contributed by atoms with Crippen LogP contribution in [0.5, 0.6) is 0 Å². The van der Waals surface area contributed by atoms with E-state index >= 15 is 0 Å². The number of hydrogen-bond donors (Lipinski definition) is 8. The molecule has 9 fully saturated rings. The minimum Gasteiger partial charge on any atom is -0.632 e. The van der Waals surface area contributed by atoms with Gasteiger partial charge in [0, 0.05) is 11.8 Å². The first-order valence-corrected chi connectivity index (χ1v) is 18.1. The summed E-state index contributed by atoms with van der Waals surface area (Å²) < 4.78 is 0. The van der Waals surface area contributed by atoms with Gasteiger partial charge in [-0.25, -0.2) is 0 Å². The van der Waals surface area contributed by atoms with E-state index in [1.165, 1.54) is 103 Å². The second-order valence-corrected chi connectivity index (χ2v) is 15.8. The van der Waals surface area contributed by atoms with Gasteiger partial charge in [0.25, 0.3) is 0 Å². The minimum atomic E-state index is -0.00118. The number of fused-ring (bicyclic) bond motifs is 20. The van der Waals surface area contributed by atoms with Crippen molar-refractivity contribution in [1.82, 2.24) is 37.2 Å². The number of nitrogens with one attached hydrogen (secondary N) is 8. The van der Waals surface area contributed by atoms with Gasteiger partial charge in [-0.2, -0.15) is 0 Å². The van der Waals surface area contributed by atoms with Crippen molar-refractivity contribution >= 4 is 23.9 Å². The Labute approximate surface area is 269 Å². The van der Waals surface area contributed by atoms with Crippen LogP contribution in [0.2, 0.25) is 0 Å². The molecule has 16 unspecified atom stereocenters. The van der Waals surface area contributed by atoms with Crippen molar-refractivity contribution in [2.75, 3.05) is 0 Å². The fraction of sp³-hybridized carbons (Fsp3) is 1.00. The van der Waals surface area contributed by atoms with Crippen molar-refractivity contribution < 1.29 is 5.06 Å². The van der Waals surface area contributed by atoms with Crippen molar-refractivity contribution in [2.24, 2.45) is 47.3 Å². The Morgan fingerprint density at radius 1 is 0.333 bits per heavy atom. The Kier molecular flexibility index (Phi) is 8.68. The zero-order chi connectivity index (χ0) is 27.1. The van der Waals surface area contributed by atoms with E-state index in [1.807, 2.05) is 0 Å². The zero-order valence-corrected chi connectivity index (χ0v) is 28.3. The van der Waals surface area contributed by atoms with Gasteiger partial charge in [0.1, 0.15) is 12.3 Å². The molecule has 0 spiro atoms. The molecular weight excluding hydrogens is 631 g/mol. The molecule has 9 nitrogen and oxygen atoms in total. The quantitative estimate of drug-likeness (QED) is 0.141. The summed E-state index contributed by atoms with van der Waals surface area (Å²) in [5, 5.41) is 43.9. The Balaban J connectivity index is 0.00000267. The van der Waals surface area contributed by atoms with Crippen molar-refractivity contribution in [1.29, 1.82) is 0 Å². The van der Waals surface area contributed by atoms with Crippen LogP contribution in [0.3, 0.4) is 0 Å². The zero-order valence-electron chi connectivity index (χ0n) is 25.5. The van der Waals surface area contributed by atoms with Gasteiger partial charge in [-0.3, -0.25) is 37.2 Å². The van der Waals surface area contributed by atoms with Gasteiger partial charge in [-0.1, -0.05) is 51.4 Å². The summed E-state index contributed by atoms with van der Waals surface area (Å²) >= 11 is 0. The molecule has 5 aliphatic heterocycles. The topological polar surface area (TPSA) is 112 Å². The number of quaternary nitrogens is 1. The van der Waals surface area contributed by atoms with Crippen LogP contribution in [0, 0.1) is 52.6 Å². The Morgan fingerprint density at radius 3 is 0.833 bits per heavy atom. The number of rotatable bonds is 0. The first-order chi connectivity index (χ1) is 20.2. The monoisotopic (exact) mass is 688 g/mol. The van der Waals surface area contributed by atoms with E-state index in [1.54, 1.807) is 0 Å². The summed E-state index contributed by atoms with van der Waals surface area (Å²) in [4.78, 5) is 0. The van der Waals surface area contributed by atoms with Crippen LogP contribution in [0.25, 0.3) is 0 Å².